The molecule has 0 aromatic carbocycles. The van der Waals surface area contributed by atoms with Gasteiger partial charge in [0.2, 0.25) is 5.91 Å². The summed E-state index contributed by atoms with van der Waals surface area (Å²) in [6.45, 7) is 1.38. The molecule has 1 unspecified atom stereocenters. The number of alkyl halides is 2. The predicted octanol–water partition coefficient (Wildman–Crippen LogP) is 1.37. The van der Waals surface area contributed by atoms with Crippen molar-refractivity contribution in [1.82, 2.24) is 4.90 Å². The number of halogens is 2. The molecule has 0 saturated heterocycles. The summed E-state index contributed by atoms with van der Waals surface area (Å²) >= 11 is 0. The van der Waals surface area contributed by atoms with Crippen LogP contribution in [-0.2, 0) is 4.79 Å². The lowest BCUT2D eigenvalue weighted by Gasteiger charge is -2.22. The lowest BCUT2D eigenvalue weighted by atomic mass is 10.2. The van der Waals surface area contributed by atoms with Crippen molar-refractivity contribution in [2.45, 2.75) is 51.1 Å². The van der Waals surface area contributed by atoms with Gasteiger partial charge in [0, 0.05) is 18.5 Å². The molecular weight excluding hydrogens is 202 g/mol. The molecule has 88 valence electrons. The van der Waals surface area contributed by atoms with Crippen molar-refractivity contribution in [1.29, 1.82) is 0 Å². The Morgan fingerprint density at radius 2 is 2.13 bits per heavy atom. The van der Waals surface area contributed by atoms with E-state index >= 15 is 0 Å². The molecule has 5 heteroatoms. The quantitative estimate of drug-likeness (QED) is 0.734. The van der Waals surface area contributed by atoms with Crippen molar-refractivity contribution in [3.05, 3.63) is 0 Å². The summed E-state index contributed by atoms with van der Waals surface area (Å²) in [5.41, 5.74) is 5.51. The fourth-order valence-electron chi connectivity index (χ4n) is 1.48. The van der Waals surface area contributed by atoms with E-state index in [2.05, 4.69) is 0 Å². The maximum Gasteiger partial charge on any atom is 0.255 e. The topological polar surface area (TPSA) is 46.3 Å². The van der Waals surface area contributed by atoms with Gasteiger partial charge in [-0.3, -0.25) is 4.79 Å². The van der Waals surface area contributed by atoms with Gasteiger partial charge in [0.25, 0.3) is 6.43 Å². The summed E-state index contributed by atoms with van der Waals surface area (Å²) in [5, 5.41) is 0. The molecule has 2 N–H and O–H groups in total. The molecule has 0 aromatic heterocycles. The summed E-state index contributed by atoms with van der Waals surface area (Å²) in [6, 6.07) is 0.00105. The SMILES string of the molecule is CC(N)CCC(=O)N(CC(F)F)C1CC1. The zero-order chi connectivity index (χ0) is 11.4. The van der Waals surface area contributed by atoms with E-state index in [-0.39, 0.29) is 24.4 Å². The fraction of sp³-hybridized carbons (Fsp3) is 0.900. The minimum absolute atomic E-state index is 0.0541. The Hall–Kier alpha value is -0.710. The lowest BCUT2D eigenvalue weighted by molar-refractivity contribution is -0.134. The van der Waals surface area contributed by atoms with E-state index in [1.807, 2.05) is 6.92 Å². The van der Waals surface area contributed by atoms with Crippen LogP contribution in [0.1, 0.15) is 32.6 Å². The Kier molecular flexibility index (Phi) is 4.45. The summed E-state index contributed by atoms with van der Waals surface area (Å²) < 4.78 is 24.4. The van der Waals surface area contributed by atoms with Crippen molar-refractivity contribution >= 4 is 5.91 Å². The summed E-state index contributed by atoms with van der Waals surface area (Å²) in [7, 11) is 0. The summed E-state index contributed by atoms with van der Waals surface area (Å²) in [4.78, 5) is 12.9. The van der Waals surface area contributed by atoms with Gasteiger partial charge in [0.05, 0.1) is 6.54 Å². The Bertz CT molecular complexity index is 217. The van der Waals surface area contributed by atoms with E-state index < -0.39 is 13.0 Å². The van der Waals surface area contributed by atoms with Gasteiger partial charge in [0.15, 0.2) is 0 Å². The van der Waals surface area contributed by atoms with E-state index in [1.54, 1.807) is 0 Å². The van der Waals surface area contributed by atoms with Crippen molar-refractivity contribution < 1.29 is 13.6 Å². The van der Waals surface area contributed by atoms with Gasteiger partial charge in [-0.1, -0.05) is 0 Å². The van der Waals surface area contributed by atoms with Crippen LogP contribution in [0.4, 0.5) is 8.78 Å². The Morgan fingerprint density at radius 1 is 1.53 bits per heavy atom. The monoisotopic (exact) mass is 220 g/mol. The van der Waals surface area contributed by atoms with Crippen LogP contribution in [0.2, 0.25) is 0 Å². The van der Waals surface area contributed by atoms with Crippen molar-refractivity contribution in [2.75, 3.05) is 6.54 Å². The summed E-state index contributed by atoms with van der Waals surface area (Å²) in [6.07, 6.45) is 0.115. The normalized spacial score (nSPS) is 17.9. The minimum atomic E-state index is -2.44. The molecule has 0 aliphatic heterocycles. The maximum absolute atomic E-state index is 12.2. The van der Waals surface area contributed by atoms with Crippen LogP contribution in [-0.4, -0.2) is 35.9 Å². The van der Waals surface area contributed by atoms with Crippen LogP contribution in [0.25, 0.3) is 0 Å². The number of amides is 1. The molecular formula is C10H18F2N2O. The van der Waals surface area contributed by atoms with Crippen molar-refractivity contribution in [3.63, 3.8) is 0 Å². The molecule has 0 spiro atoms. The number of hydrogen-bond acceptors (Lipinski definition) is 2. The molecule has 0 aromatic rings. The van der Waals surface area contributed by atoms with Gasteiger partial charge in [-0.2, -0.15) is 0 Å². The molecule has 1 saturated carbocycles. The maximum atomic E-state index is 12.2. The second-order valence-corrected chi connectivity index (χ2v) is 4.18. The molecule has 1 fully saturated rings. The highest BCUT2D eigenvalue weighted by molar-refractivity contribution is 5.76. The Morgan fingerprint density at radius 3 is 2.53 bits per heavy atom. The van der Waals surface area contributed by atoms with E-state index in [0.29, 0.717) is 6.42 Å². The third-order valence-electron chi connectivity index (χ3n) is 2.46. The van der Waals surface area contributed by atoms with Crippen LogP contribution < -0.4 is 5.73 Å². The zero-order valence-corrected chi connectivity index (χ0v) is 8.96. The fourth-order valence-corrected chi connectivity index (χ4v) is 1.48. The van der Waals surface area contributed by atoms with E-state index in [9.17, 15) is 13.6 Å². The van der Waals surface area contributed by atoms with Gasteiger partial charge in [-0.25, -0.2) is 8.78 Å². The number of rotatable bonds is 6. The predicted molar refractivity (Wildman–Crippen MR) is 53.6 cm³/mol. The third kappa shape index (κ3) is 4.55. The largest absolute Gasteiger partial charge is 0.334 e. The average molecular weight is 220 g/mol. The van der Waals surface area contributed by atoms with Gasteiger partial charge < -0.3 is 10.6 Å². The first-order chi connectivity index (χ1) is 7.00. The molecule has 1 aliphatic carbocycles. The molecule has 15 heavy (non-hydrogen) atoms. The third-order valence-corrected chi connectivity index (χ3v) is 2.46. The molecule has 1 amide bonds. The molecule has 1 rings (SSSR count). The van der Waals surface area contributed by atoms with Crippen LogP contribution in [0.5, 0.6) is 0 Å². The standard InChI is InChI=1S/C10H18F2N2O/c1-7(13)2-5-10(15)14(6-9(11)12)8-3-4-8/h7-9H,2-6,13H2,1H3. The first kappa shape index (κ1) is 12.4. The zero-order valence-electron chi connectivity index (χ0n) is 8.96. The van der Waals surface area contributed by atoms with Crippen LogP contribution in [0, 0.1) is 0 Å². The number of carbonyl (C=O) groups is 1. The molecule has 1 atom stereocenters. The van der Waals surface area contributed by atoms with Gasteiger partial charge >= 0.3 is 0 Å². The highest BCUT2D eigenvalue weighted by Gasteiger charge is 2.33. The average Bonchev–Trinajstić information content (AvgIpc) is 2.93. The Labute approximate surface area is 88.6 Å². The van der Waals surface area contributed by atoms with E-state index in [1.165, 1.54) is 4.90 Å². The van der Waals surface area contributed by atoms with Crippen LogP contribution >= 0.6 is 0 Å². The number of carbonyl (C=O) groups excluding carboxylic acids is 1. The minimum Gasteiger partial charge on any atom is -0.334 e. The Balaban J connectivity index is 2.37. The van der Waals surface area contributed by atoms with E-state index in [4.69, 9.17) is 5.73 Å². The highest BCUT2D eigenvalue weighted by Crippen LogP contribution is 2.28. The van der Waals surface area contributed by atoms with Crippen LogP contribution in [0.15, 0.2) is 0 Å². The molecule has 0 radical (unpaired) electrons. The van der Waals surface area contributed by atoms with Gasteiger partial charge in [-0.15, -0.1) is 0 Å². The summed E-state index contributed by atoms with van der Waals surface area (Å²) in [5.74, 6) is -0.185. The number of hydrogen-bond donors (Lipinski definition) is 1. The molecule has 1 aliphatic rings. The molecule has 0 heterocycles. The molecule has 3 nitrogen and oxygen atoms in total. The highest BCUT2D eigenvalue weighted by atomic mass is 19.3. The van der Waals surface area contributed by atoms with Crippen molar-refractivity contribution in [3.8, 4) is 0 Å². The number of nitrogens with two attached hydrogens (primary N) is 1. The van der Waals surface area contributed by atoms with E-state index in [0.717, 1.165) is 12.8 Å². The molecule has 0 bridgehead atoms. The first-order valence-electron chi connectivity index (χ1n) is 5.34. The van der Waals surface area contributed by atoms with Crippen LogP contribution in [0.3, 0.4) is 0 Å². The second kappa shape index (κ2) is 5.39. The van der Waals surface area contributed by atoms with Gasteiger partial charge in [0.1, 0.15) is 0 Å². The van der Waals surface area contributed by atoms with Gasteiger partial charge in [-0.05, 0) is 26.2 Å². The smallest absolute Gasteiger partial charge is 0.255 e. The lowest BCUT2D eigenvalue weighted by Crippen LogP contribution is -2.37. The number of nitrogens with zero attached hydrogens (tertiary/aromatic N) is 1. The van der Waals surface area contributed by atoms with Crippen molar-refractivity contribution in [2.24, 2.45) is 5.73 Å². The first-order valence-corrected chi connectivity index (χ1v) is 5.34. The second-order valence-electron chi connectivity index (χ2n) is 4.18.